The quantitative estimate of drug-likeness (QED) is 0.762. The van der Waals surface area contributed by atoms with E-state index < -0.39 is 0 Å². The molecule has 0 radical (unpaired) electrons. The van der Waals surface area contributed by atoms with E-state index in [0.717, 1.165) is 10.0 Å². The zero-order valence-electron chi connectivity index (χ0n) is 6.71. The molecule has 12 heavy (non-hydrogen) atoms. The Morgan fingerprint density at radius 3 is 2.50 bits per heavy atom. The van der Waals surface area contributed by atoms with Gasteiger partial charge in [-0.15, -0.1) is 0 Å². The molecule has 64 valence electrons. The van der Waals surface area contributed by atoms with Gasteiger partial charge in [-0.3, -0.25) is 0 Å². The van der Waals surface area contributed by atoms with Crippen molar-refractivity contribution >= 4 is 21.7 Å². The third kappa shape index (κ3) is 2.27. The van der Waals surface area contributed by atoms with Crippen molar-refractivity contribution in [1.82, 2.24) is 5.32 Å². The largest absolute Gasteiger partial charge is 0.506 e. The Bertz CT molecular complexity index is 279. The van der Waals surface area contributed by atoms with Crippen molar-refractivity contribution in [1.29, 1.82) is 0 Å². The molecule has 3 heteroatoms. The minimum absolute atomic E-state index is 0.241. The highest BCUT2D eigenvalue weighted by molar-refractivity contribution is 9.10. The van der Waals surface area contributed by atoms with E-state index in [2.05, 4.69) is 21.2 Å². The van der Waals surface area contributed by atoms with Gasteiger partial charge >= 0.3 is 0 Å². The molecule has 0 unspecified atom stereocenters. The first kappa shape index (κ1) is 9.13. The number of aliphatic hydroxyl groups excluding tert-OH is 1. The molecule has 0 bridgehead atoms. The Hall–Kier alpha value is -0.960. The smallest absolute Gasteiger partial charge is 0.138 e. The van der Waals surface area contributed by atoms with Gasteiger partial charge in [-0.2, -0.15) is 0 Å². The first-order valence-corrected chi connectivity index (χ1v) is 4.35. The molecule has 0 fully saturated rings. The summed E-state index contributed by atoms with van der Waals surface area (Å²) in [5, 5.41) is 12.2. The van der Waals surface area contributed by atoms with Gasteiger partial charge in [-0.05, 0) is 12.1 Å². The van der Waals surface area contributed by atoms with E-state index in [1.165, 1.54) is 0 Å². The summed E-state index contributed by atoms with van der Waals surface area (Å²) in [5.74, 6) is 0.241. The van der Waals surface area contributed by atoms with Gasteiger partial charge in [0.15, 0.2) is 0 Å². The number of hydrogen-bond acceptors (Lipinski definition) is 2. The minimum atomic E-state index is 0.241. The molecule has 1 rings (SSSR count). The van der Waals surface area contributed by atoms with Crippen LogP contribution < -0.4 is 5.32 Å². The lowest BCUT2D eigenvalue weighted by molar-refractivity contribution is 0.508. The van der Waals surface area contributed by atoms with Gasteiger partial charge in [0.05, 0.1) is 0 Å². The first-order valence-electron chi connectivity index (χ1n) is 3.56. The topological polar surface area (TPSA) is 32.3 Å². The minimum Gasteiger partial charge on any atom is -0.506 e. The van der Waals surface area contributed by atoms with E-state index in [1.54, 1.807) is 13.2 Å². The normalized spacial score (nSPS) is 11.3. The van der Waals surface area contributed by atoms with Gasteiger partial charge in [0.1, 0.15) is 5.76 Å². The van der Waals surface area contributed by atoms with E-state index in [4.69, 9.17) is 0 Å². The number of halogens is 1. The molecule has 0 amide bonds. The molecule has 1 aromatic rings. The van der Waals surface area contributed by atoms with Gasteiger partial charge in [0.25, 0.3) is 0 Å². The van der Waals surface area contributed by atoms with Crippen LogP contribution in [-0.4, -0.2) is 12.2 Å². The zero-order valence-corrected chi connectivity index (χ0v) is 8.30. The molecule has 0 spiro atoms. The maximum absolute atomic E-state index is 9.39. The molecule has 2 nitrogen and oxygen atoms in total. The highest BCUT2D eigenvalue weighted by atomic mass is 79.9. The second kappa shape index (κ2) is 4.16. The third-order valence-electron chi connectivity index (χ3n) is 1.42. The van der Waals surface area contributed by atoms with Gasteiger partial charge in [0.2, 0.25) is 0 Å². The zero-order chi connectivity index (χ0) is 8.97. The molecule has 1 aromatic carbocycles. The molecule has 0 heterocycles. The fourth-order valence-electron chi connectivity index (χ4n) is 0.841. The predicted octanol–water partition coefficient (Wildman–Crippen LogP) is 2.52. The average molecular weight is 228 g/mol. The van der Waals surface area contributed by atoms with Crippen LogP contribution in [0.3, 0.4) is 0 Å². The van der Waals surface area contributed by atoms with Crippen molar-refractivity contribution < 1.29 is 5.11 Å². The monoisotopic (exact) mass is 227 g/mol. The number of aliphatic hydroxyl groups is 1. The number of hydrogen-bond donors (Lipinski definition) is 2. The third-order valence-corrected chi connectivity index (χ3v) is 1.95. The molecule has 0 aliphatic carbocycles. The van der Waals surface area contributed by atoms with E-state index in [0.29, 0.717) is 0 Å². The summed E-state index contributed by atoms with van der Waals surface area (Å²) < 4.78 is 1.00. The Morgan fingerprint density at radius 2 is 2.00 bits per heavy atom. The summed E-state index contributed by atoms with van der Waals surface area (Å²) in [6, 6.07) is 7.45. The Morgan fingerprint density at radius 1 is 1.42 bits per heavy atom. The van der Waals surface area contributed by atoms with Gasteiger partial charge in [0, 0.05) is 23.3 Å². The summed E-state index contributed by atoms with van der Waals surface area (Å²) >= 11 is 3.32. The van der Waals surface area contributed by atoms with Crippen LogP contribution in [0.25, 0.3) is 5.76 Å². The fraction of sp³-hybridized carbons (Fsp3) is 0.111. The highest BCUT2D eigenvalue weighted by Crippen LogP contribution is 2.14. The van der Waals surface area contributed by atoms with Crippen LogP contribution in [0.1, 0.15) is 5.56 Å². The van der Waals surface area contributed by atoms with Crippen LogP contribution >= 0.6 is 15.9 Å². The van der Waals surface area contributed by atoms with Gasteiger partial charge in [-0.1, -0.05) is 28.1 Å². The second-order valence-corrected chi connectivity index (χ2v) is 3.24. The molecular formula is C9H10BrNO. The molecule has 0 saturated heterocycles. The van der Waals surface area contributed by atoms with E-state index in [-0.39, 0.29) is 5.76 Å². The van der Waals surface area contributed by atoms with Crippen LogP contribution in [0.15, 0.2) is 34.9 Å². The van der Waals surface area contributed by atoms with E-state index >= 15 is 0 Å². The van der Waals surface area contributed by atoms with E-state index in [9.17, 15) is 5.11 Å². The molecule has 0 aliphatic rings. The van der Waals surface area contributed by atoms with Crippen molar-refractivity contribution in [3.63, 3.8) is 0 Å². The Kier molecular flexibility index (Phi) is 3.17. The number of benzene rings is 1. The summed E-state index contributed by atoms with van der Waals surface area (Å²) in [6.45, 7) is 0. The molecule has 2 N–H and O–H groups in total. The van der Waals surface area contributed by atoms with Crippen LogP contribution in [0, 0.1) is 0 Å². The SMILES string of the molecule is CN/C=C(\O)c1ccc(Br)cc1. The lowest BCUT2D eigenvalue weighted by atomic mass is 10.2. The van der Waals surface area contributed by atoms with Crippen LogP contribution in [0.4, 0.5) is 0 Å². The summed E-state index contributed by atoms with van der Waals surface area (Å²) in [4.78, 5) is 0. The first-order chi connectivity index (χ1) is 5.74. The van der Waals surface area contributed by atoms with Crippen molar-refractivity contribution in [2.45, 2.75) is 0 Å². The van der Waals surface area contributed by atoms with Crippen molar-refractivity contribution in [2.75, 3.05) is 7.05 Å². The predicted molar refractivity (Wildman–Crippen MR) is 53.8 cm³/mol. The lowest BCUT2D eigenvalue weighted by Gasteiger charge is -1.99. The fourth-order valence-corrected chi connectivity index (χ4v) is 1.11. The Labute approximate surface area is 80.0 Å². The van der Waals surface area contributed by atoms with Crippen molar-refractivity contribution in [3.8, 4) is 0 Å². The molecule has 0 atom stereocenters. The average Bonchev–Trinajstić information content (AvgIpc) is 2.06. The number of nitrogens with one attached hydrogen (secondary N) is 1. The highest BCUT2D eigenvalue weighted by Gasteiger charge is 1.96. The summed E-state index contributed by atoms with van der Waals surface area (Å²) in [5.41, 5.74) is 0.799. The van der Waals surface area contributed by atoms with Crippen molar-refractivity contribution in [2.24, 2.45) is 0 Å². The molecule has 0 aliphatic heterocycles. The summed E-state index contributed by atoms with van der Waals surface area (Å²) in [6.07, 6.45) is 1.54. The van der Waals surface area contributed by atoms with E-state index in [1.807, 2.05) is 24.3 Å². The standard InChI is InChI=1S/C9H10BrNO/c1-11-6-9(12)7-2-4-8(10)5-3-7/h2-6,11-12H,1H3/b9-6-. The van der Waals surface area contributed by atoms with Gasteiger partial charge < -0.3 is 10.4 Å². The number of rotatable bonds is 2. The maximum Gasteiger partial charge on any atom is 0.138 e. The molecule has 0 aromatic heterocycles. The lowest BCUT2D eigenvalue weighted by Crippen LogP contribution is -1.95. The van der Waals surface area contributed by atoms with Crippen LogP contribution in [0.2, 0.25) is 0 Å². The van der Waals surface area contributed by atoms with Crippen LogP contribution in [-0.2, 0) is 0 Å². The van der Waals surface area contributed by atoms with Crippen molar-refractivity contribution in [3.05, 3.63) is 40.5 Å². The second-order valence-electron chi connectivity index (χ2n) is 2.33. The Balaban J connectivity index is 2.89. The van der Waals surface area contributed by atoms with Gasteiger partial charge in [-0.25, -0.2) is 0 Å². The maximum atomic E-state index is 9.39. The van der Waals surface area contributed by atoms with Crippen LogP contribution in [0.5, 0.6) is 0 Å². The summed E-state index contributed by atoms with van der Waals surface area (Å²) in [7, 11) is 1.75. The molecular weight excluding hydrogens is 218 g/mol. The molecule has 0 saturated carbocycles.